The van der Waals surface area contributed by atoms with Gasteiger partial charge in [0.05, 0.1) is 17.3 Å². The van der Waals surface area contributed by atoms with Crippen LogP contribution < -0.4 is 16.0 Å². The van der Waals surface area contributed by atoms with E-state index in [4.69, 9.17) is 11.6 Å². The highest BCUT2D eigenvalue weighted by molar-refractivity contribution is 6.30. The number of halogens is 2. The van der Waals surface area contributed by atoms with Crippen molar-refractivity contribution < 1.29 is 9.18 Å². The summed E-state index contributed by atoms with van der Waals surface area (Å²) in [5.74, 6) is 0.159. The maximum absolute atomic E-state index is 13.1. The topological polar surface area (TPSA) is 78.9 Å². The van der Waals surface area contributed by atoms with Gasteiger partial charge in [-0.05, 0) is 24.6 Å². The molecule has 2 rings (SSSR count). The molecule has 0 saturated carbocycles. The maximum Gasteiger partial charge on any atom is 0.315 e. The first-order valence-corrected chi connectivity index (χ1v) is 7.43. The van der Waals surface area contributed by atoms with Crippen LogP contribution in [-0.2, 0) is 0 Å². The molecule has 0 bridgehead atoms. The van der Waals surface area contributed by atoms with Gasteiger partial charge in [0.25, 0.3) is 0 Å². The second-order valence-electron chi connectivity index (χ2n) is 4.81. The van der Waals surface area contributed by atoms with Crippen molar-refractivity contribution in [2.24, 2.45) is 0 Å². The second-order valence-corrected chi connectivity index (χ2v) is 5.22. The van der Waals surface area contributed by atoms with Crippen molar-refractivity contribution in [3.05, 3.63) is 53.2 Å². The molecule has 23 heavy (non-hydrogen) atoms. The zero-order chi connectivity index (χ0) is 16.7. The van der Waals surface area contributed by atoms with Crippen molar-refractivity contribution in [2.45, 2.75) is 13.0 Å². The summed E-state index contributed by atoms with van der Waals surface area (Å²) in [6.07, 6.45) is 4.76. The lowest BCUT2D eigenvalue weighted by Gasteiger charge is -2.15. The SMILES string of the molecule is C[C@@H](NC(=O)NCCNc1cnccn1)c1ccc(F)c(Cl)c1. The van der Waals surface area contributed by atoms with Crippen LogP contribution in [0.3, 0.4) is 0 Å². The van der Waals surface area contributed by atoms with Crippen LogP contribution in [0.1, 0.15) is 18.5 Å². The summed E-state index contributed by atoms with van der Waals surface area (Å²) < 4.78 is 13.1. The van der Waals surface area contributed by atoms with Crippen LogP contribution in [0.15, 0.2) is 36.8 Å². The van der Waals surface area contributed by atoms with E-state index in [0.717, 1.165) is 5.56 Å². The highest BCUT2D eigenvalue weighted by atomic mass is 35.5. The maximum atomic E-state index is 13.1. The molecule has 8 heteroatoms. The second kappa shape index (κ2) is 8.28. The Morgan fingerprint density at radius 2 is 2.17 bits per heavy atom. The van der Waals surface area contributed by atoms with Gasteiger partial charge >= 0.3 is 6.03 Å². The van der Waals surface area contributed by atoms with E-state index in [1.807, 2.05) is 0 Å². The lowest BCUT2D eigenvalue weighted by molar-refractivity contribution is 0.238. The quantitative estimate of drug-likeness (QED) is 0.708. The first kappa shape index (κ1) is 17.0. The summed E-state index contributed by atoms with van der Waals surface area (Å²) in [6.45, 7) is 2.73. The van der Waals surface area contributed by atoms with Gasteiger partial charge in [0.15, 0.2) is 0 Å². The van der Waals surface area contributed by atoms with Gasteiger partial charge in [-0.3, -0.25) is 4.98 Å². The van der Waals surface area contributed by atoms with E-state index in [0.29, 0.717) is 18.9 Å². The van der Waals surface area contributed by atoms with Crippen LogP contribution >= 0.6 is 11.6 Å². The molecular weight excluding hydrogens is 321 g/mol. The molecule has 0 saturated heterocycles. The molecule has 0 radical (unpaired) electrons. The number of benzene rings is 1. The van der Waals surface area contributed by atoms with E-state index in [2.05, 4.69) is 25.9 Å². The number of hydrogen-bond acceptors (Lipinski definition) is 4. The van der Waals surface area contributed by atoms with Crippen LogP contribution in [0.4, 0.5) is 15.0 Å². The number of hydrogen-bond donors (Lipinski definition) is 3. The summed E-state index contributed by atoms with van der Waals surface area (Å²) in [5, 5.41) is 8.52. The Balaban J connectivity index is 1.72. The average molecular weight is 338 g/mol. The standard InChI is InChI=1S/C15H17ClFN5O/c1-10(11-2-3-13(17)12(16)8-11)22-15(23)21-7-6-20-14-9-18-4-5-19-14/h2-5,8-10H,6-7H2,1H3,(H,19,20)(H2,21,22,23)/t10-/m1/s1. The van der Waals surface area contributed by atoms with Gasteiger partial charge in [0.2, 0.25) is 0 Å². The van der Waals surface area contributed by atoms with Crippen LogP contribution in [0.2, 0.25) is 5.02 Å². The van der Waals surface area contributed by atoms with E-state index in [-0.39, 0.29) is 17.1 Å². The van der Waals surface area contributed by atoms with E-state index < -0.39 is 5.82 Å². The summed E-state index contributed by atoms with van der Waals surface area (Å²) >= 11 is 5.73. The fraction of sp³-hybridized carbons (Fsp3) is 0.267. The van der Waals surface area contributed by atoms with Gasteiger partial charge in [-0.2, -0.15) is 0 Å². The Kier molecular flexibility index (Phi) is 6.10. The molecule has 1 atom stereocenters. The molecule has 0 aliphatic carbocycles. The van der Waals surface area contributed by atoms with E-state index in [1.54, 1.807) is 31.6 Å². The molecule has 1 aromatic carbocycles. The van der Waals surface area contributed by atoms with Crippen LogP contribution in [0.5, 0.6) is 0 Å². The minimum atomic E-state index is -0.484. The minimum Gasteiger partial charge on any atom is -0.367 e. The predicted octanol–water partition coefficient (Wildman–Crippen LogP) is 2.74. The molecule has 0 aliphatic rings. The molecule has 0 unspecified atom stereocenters. The largest absolute Gasteiger partial charge is 0.367 e. The molecule has 0 spiro atoms. The van der Waals surface area contributed by atoms with Crippen molar-refractivity contribution in [1.29, 1.82) is 0 Å². The van der Waals surface area contributed by atoms with Crippen molar-refractivity contribution in [1.82, 2.24) is 20.6 Å². The Morgan fingerprint density at radius 1 is 1.35 bits per heavy atom. The highest BCUT2D eigenvalue weighted by Crippen LogP contribution is 2.20. The Morgan fingerprint density at radius 3 is 2.87 bits per heavy atom. The van der Waals surface area contributed by atoms with Crippen molar-refractivity contribution in [3.63, 3.8) is 0 Å². The van der Waals surface area contributed by atoms with Gasteiger partial charge in [0.1, 0.15) is 11.6 Å². The fourth-order valence-corrected chi connectivity index (χ4v) is 2.06. The average Bonchev–Trinajstić information content (AvgIpc) is 2.55. The molecule has 1 aromatic heterocycles. The normalized spacial score (nSPS) is 11.6. The minimum absolute atomic E-state index is 0.0322. The number of carbonyl (C=O) groups is 1. The van der Waals surface area contributed by atoms with E-state index in [1.165, 1.54) is 12.1 Å². The van der Waals surface area contributed by atoms with Crippen molar-refractivity contribution >= 4 is 23.4 Å². The summed E-state index contributed by atoms with van der Waals surface area (Å²) in [5.41, 5.74) is 0.726. The van der Waals surface area contributed by atoms with Gasteiger partial charge in [-0.15, -0.1) is 0 Å². The smallest absolute Gasteiger partial charge is 0.315 e. The molecular formula is C15H17ClFN5O. The Labute approximate surface area is 138 Å². The number of rotatable bonds is 6. The molecule has 0 aliphatic heterocycles. The number of carbonyl (C=O) groups excluding carboxylic acids is 1. The number of nitrogens with zero attached hydrogens (tertiary/aromatic N) is 2. The first-order chi connectivity index (χ1) is 11.1. The zero-order valence-electron chi connectivity index (χ0n) is 12.5. The predicted molar refractivity (Wildman–Crippen MR) is 86.9 cm³/mol. The fourth-order valence-electron chi connectivity index (χ4n) is 1.87. The van der Waals surface area contributed by atoms with Crippen molar-refractivity contribution in [3.8, 4) is 0 Å². The summed E-state index contributed by atoms with van der Waals surface area (Å²) in [6, 6.07) is 3.75. The van der Waals surface area contributed by atoms with Gasteiger partial charge in [-0.25, -0.2) is 14.2 Å². The molecule has 6 nitrogen and oxygen atoms in total. The third kappa shape index (κ3) is 5.37. The first-order valence-electron chi connectivity index (χ1n) is 7.05. The highest BCUT2D eigenvalue weighted by Gasteiger charge is 2.11. The third-order valence-electron chi connectivity index (χ3n) is 3.07. The summed E-state index contributed by atoms with van der Waals surface area (Å²) in [4.78, 5) is 19.8. The summed E-state index contributed by atoms with van der Waals surface area (Å²) in [7, 11) is 0. The van der Waals surface area contributed by atoms with Gasteiger partial charge in [0, 0.05) is 25.5 Å². The number of urea groups is 1. The molecule has 2 amide bonds. The zero-order valence-corrected chi connectivity index (χ0v) is 13.3. The monoisotopic (exact) mass is 337 g/mol. The third-order valence-corrected chi connectivity index (χ3v) is 3.36. The molecule has 2 aromatic rings. The van der Waals surface area contributed by atoms with Crippen LogP contribution in [0, 0.1) is 5.82 Å². The number of nitrogens with one attached hydrogen (secondary N) is 3. The molecule has 3 N–H and O–H groups in total. The number of amides is 2. The van der Waals surface area contributed by atoms with Gasteiger partial charge < -0.3 is 16.0 Å². The molecule has 1 heterocycles. The molecule has 122 valence electrons. The molecule has 0 fully saturated rings. The van der Waals surface area contributed by atoms with Crippen molar-refractivity contribution in [2.75, 3.05) is 18.4 Å². The lowest BCUT2D eigenvalue weighted by Crippen LogP contribution is -2.39. The van der Waals surface area contributed by atoms with Gasteiger partial charge in [-0.1, -0.05) is 17.7 Å². The Hall–Kier alpha value is -2.41. The van der Waals surface area contributed by atoms with Crippen LogP contribution in [-0.4, -0.2) is 29.1 Å². The number of aromatic nitrogens is 2. The van der Waals surface area contributed by atoms with Crippen LogP contribution in [0.25, 0.3) is 0 Å². The Bertz CT molecular complexity index is 656. The van der Waals surface area contributed by atoms with E-state index >= 15 is 0 Å². The lowest BCUT2D eigenvalue weighted by atomic mass is 10.1. The van der Waals surface area contributed by atoms with E-state index in [9.17, 15) is 9.18 Å². The number of anilines is 1.